The lowest BCUT2D eigenvalue weighted by molar-refractivity contribution is -0.118. The minimum atomic E-state index is -0.413. The van der Waals surface area contributed by atoms with Crippen LogP contribution in [-0.4, -0.2) is 25.1 Å². The molecular weight excluding hydrogens is 344 g/mol. The smallest absolute Gasteiger partial charge is 0.338 e. The summed E-state index contributed by atoms with van der Waals surface area (Å²) < 4.78 is 10.2. The van der Waals surface area contributed by atoms with Crippen molar-refractivity contribution in [3.8, 4) is 11.8 Å². The van der Waals surface area contributed by atoms with E-state index in [1.54, 1.807) is 37.3 Å². The molecule has 128 valence electrons. The summed E-state index contributed by atoms with van der Waals surface area (Å²) in [5.41, 5.74) is 1.21. The molecule has 0 saturated heterocycles. The number of rotatable bonds is 6. The Morgan fingerprint density at radius 3 is 2.52 bits per heavy atom. The molecule has 0 bridgehead atoms. The van der Waals surface area contributed by atoms with Gasteiger partial charge in [0.1, 0.15) is 11.8 Å². The zero-order valence-corrected chi connectivity index (χ0v) is 14.2. The molecule has 0 spiro atoms. The Hall–Kier alpha value is -3.04. The predicted octanol–water partition coefficient (Wildman–Crippen LogP) is 3.41. The van der Waals surface area contributed by atoms with Crippen LogP contribution in [0.2, 0.25) is 5.02 Å². The number of nitrogens with zero attached hydrogens (tertiary/aromatic N) is 1. The van der Waals surface area contributed by atoms with Gasteiger partial charge in [0.25, 0.3) is 5.91 Å². The summed E-state index contributed by atoms with van der Waals surface area (Å²) >= 11 is 5.91. The Balaban J connectivity index is 1.88. The molecule has 0 aliphatic rings. The summed E-state index contributed by atoms with van der Waals surface area (Å²) in [5, 5.41) is 11.7. The molecule has 0 aliphatic heterocycles. The average molecular weight is 359 g/mol. The van der Waals surface area contributed by atoms with Gasteiger partial charge in [-0.05, 0) is 49.4 Å². The van der Waals surface area contributed by atoms with Gasteiger partial charge < -0.3 is 14.8 Å². The molecule has 7 heteroatoms. The zero-order valence-electron chi connectivity index (χ0n) is 13.4. The van der Waals surface area contributed by atoms with Crippen LogP contribution in [0.1, 0.15) is 22.8 Å². The number of carbonyl (C=O) groups excluding carboxylic acids is 2. The maximum absolute atomic E-state index is 11.9. The summed E-state index contributed by atoms with van der Waals surface area (Å²) in [4.78, 5) is 23.4. The molecule has 0 radical (unpaired) electrons. The number of esters is 1. The molecule has 0 aromatic heterocycles. The van der Waals surface area contributed by atoms with Crippen molar-refractivity contribution >= 4 is 29.2 Å². The van der Waals surface area contributed by atoms with Crippen LogP contribution in [0, 0.1) is 11.3 Å². The van der Waals surface area contributed by atoms with E-state index in [0.29, 0.717) is 29.2 Å². The highest BCUT2D eigenvalue weighted by Crippen LogP contribution is 2.20. The molecule has 2 aromatic carbocycles. The van der Waals surface area contributed by atoms with E-state index in [1.165, 1.54) is 12.1 Å². The lowest BCUT2D eigenvalue weighted by atomic mass is 10.2. The lowest BCUT2D eigenvalue weighted by Crippen LogP contribution is -2.20. The van der Waals surface area contributed by atoms with E-state index in [-0.39, 0.29) is 17.5 Å². The highest BCUT2D eigenvalue weighted by atomic mass is 35.5. The van der Waals surface area contributed by atoms with E-state index < -0.39 is 5.97 Å². The molecule has 0 unspecified atom stereocenters. The second kappa shape index (κ2) is 8.71. The van der Waals surface area contributed by atoms with E-state index in [1.807, 2.05) is 6.07 Å². The number of anilines is 1. The number of nitrogens with one attached hydrogen (secondary N) is 1. The first kappa shape index (κ1) is 18.3. The fraction of sp³-hybridized carbons (Fsp3) is 0.167. The van der Waals surface area contributed by atoms with Gasteiger partial charge >= 0.3 is 5.97 Å². The third-order valence-electron chi connectivity index (χ3n) is 3.11. The molecule has 1 amide bonds. The number of ether oxygens (including phenoxy) is 2. The van der Waals surface area contributed by atoms with Crippen molar-refractivity contribution in [3.05, 3.63) is 58.6 Å². The summed E-state index contributed by atoms with van der Waals surface area (Å²) in [7, 11) is 0. The van der Waals surface area contributed by atoms with Gasteiger partial charge in [0.2, 0.25) is 0 Å². The van der Waals surface area contributed by atoms with Gasteiger partial charge in [-0.25, -0.2) is 4.79 Å². The molecule has 0 atom stereocenters. The zero-order chi connectivity index (χ0) is 18.2. The van der Waals surface area contributed by atoms with Crippen LogP contribution < -0.4 is 10.1 Å². The van der Waals surface area contributed by atoms with Crippen LogP contribution in [0.25, 0.3) is 0 Å². The third kappa shape index (κ3) is 5.23. The van der Waals surface area contributed by atoms with Crippen molar-refractivity contribution in [3.63, 3.8) is 0 Å². The molecule has 25 heavy (non-hydrogen) atoms. The van der Waals surface area contributed by atoms with E-state index in [2.05, 4.69) is 5.32 Å². The van der Waals surface area contributed by atoms with Crippen molar-refractivity contribution in [1.82, 2.24) is 0 Å². The fourth-order valence-electron chi connectivity index (χ4n) is 1.93. The first-order valence-corrected chi connectivity index (χ1v) is 7.80. The molecular formula is C18H15ClN2O4. The van der Waals surface area contributed by atoms with Crippen LogP contribution in [0.4, 0.5) is 5.69 Å². The van der Waals surface area contributed by atoms with Gasteiger partial charge in [0.15, 0.2) is 6.61 Å². The van der Waals surface area contributed by atoms with Gasteiger partial charge in [0.05, 0.1) is 22.8 Å². The summed E-state index contributed by atoms with van der Waals surface area (Å²) in [6, 6.07) is 12.8. The third-order valence-corrected chi connectivity index (χ3v) is 3.42. The Morgan fingerprint density at radius 1 is 1.20 bits per heavy atom. The van der Waals surface area contributed by atoms with Crippen LogP contribution in [0.3, 0.4) is 0 Å². The number of amides is 1. The van der Waals surface area contributed by atoms with Gasteiger partial charge in [-0.3, -0.25) is 4.79 Å². The van der Waals surface area contributed by atoms with Gasteiger partial charge in [-0.15, -0.1) is 0 Å². The second-order valence-corrected chi connectivity index (χ2v) is 5.30. The number of hydrogen-bond acceptors (Lipinski definition) is 5. The molecule has 1 N–H and O–H groups in total. The highest BCUT2D eigenvalue weighted by molar-refractivity contribution is 6.32. The summed E-state index contributed by atoms with van der Waals surface area (Å²) in [6.45, 7) is 1.82. The highest BCUT2D eigenvalue weighted by Gasteiger charge is 2.08. The topological polar surface area (TPSA) is 88.4 Å². The van der Waals surface area contributed by atoms with Crippen molar-refractivity contribution in [1.29, 1.82) is 5.26 Å². The number of halogens is 1. The van der Waals surface area contributed by atoms with Crippen LogP contribution in [-0.2, 0) is 9.53 Å². The first-order chi connectivity index (χ1) is 12.0. The van der Waals surface area contributed by atoms with Gasteiger partial charge in [0, 0.05) is 5.69 Å². The minimum absolute atomic E-state index is 0.212. The van der Waals surface area contributed by atoms with Gasteiger partial charge in [-0.1, -0.05) is 11.6 Å². The fourth-order valence-corrected chi connectivity index (χ4v) is 2.15. The maximum Gasteiger partial charge on any atom is 0.338 e. The van der Waals surface area contributed by atoms with E-state index in [0.717, 1.165) is 0 Å². The van der Waals surface area contributed by atoms with Crippen molar-refractivity contribution < 1.29 is 19.1 Å². The van der Waals surface area contributed by atoms with Crippen LogP contribution in [0.15, 0.2) is 42.5 Å². The average Bonchev–Trinajstić information content (AvgIpc) is 2.61. The molecule has 2 rings (SSSR count). The number of carbonyl (C=O) groups is 2. The minimum Gasteiger partial charge on any atom is -0.484 e. The monoisotopic (exact) mass is 358 g/mol. The SMILES string of the molecule is CCOC(=O)c1ccc(OCC(=O)Nc2ccc(C#N)c(Cl)c2)cc1. The number of nitriles is 1. The quantitative estimate of drug-likeness (QED) is 0.799. The summed E-state index contributed by atoms with van der Waals surface area (Å²) in [5.74, 6) is -0.346. The molecule has 0 aliphatic carbocycles. The Kier molecular flexibility index (Phi) is 6.38. The maximum atomic E-state index is 11.9. The van der Waals surface area contributed by atoms with Gasteiger partial charge in [-0.2, -0.15) is 5.26 Å². The standard InChI is InChI=1S/C18H15ClN2O4/c1-2-24-18(23)12-4-7-15(8-5-12)25-11-17(22)21-14-6-3-13(10-20)16(19)9-14/h3-9H,2,11H2,1H3,(H,21,22). The van der Waals surface area contributed by atoms with Crippen molar-refractivity contribution in [2.45, 2.75) is 6.92 Å². The predicted molar refractivity (Wildman–Crippen MR) is 92.7 cm³/mol. The lowest BCUT2D eigenvalue weighted by Gasteiger charge is -2.09. The Bertz CT molecular complexity index is 813. The first-order valence-electron chi connectivity index (χ1n) is 7.43. The molecule has 0 fully saturated rings. The second-order valence-electron chi connectivity index (χ2n) is 4.89. The van der Waals surface area contributed by atoms with Crippen molar-refractivity contribution in [2.24, 2.45) is 0 Å². The molecule has 0 saturated carbocycles. The Labute approximate surface area is 149 Å². The largest absolute Gasteiger partial charge is 0.484 e. The number of benzene rings is 2. The number of hydrogen-bond donors (Lipinski definition) is 1. The van der Waals surface area contributed by atoms with Crippen LogP contribution >= 0.6 is 11.6 Å². The molecule has 2 aromatic rings. The Morgan fingerprint density at radius 2 is 1.92 bits per heavy atom. The normalized spacial score (nSPS) is 9.80. The molecule has 0 heterocycles. The van der Waals surface area contributed by atoms with Crippen LogP contribution in [0.5, 0.6) is 5.75 Å². The van der Waals surface area contributed by atoms with E-state index in [4.69, 9.17) is 26.3 Å². The van der Waals surface area contributed by atoms with E-state index >= 15 is 0 Å². The molecule has 6 nitrogen and oxygen atoms in total. The van der Waals surface area contributed by atoms with E-state index in [9.17, 15) is 9.59 Å². The van der Waals surface area contributed by atoms with Crippen molar-refractivity contribution in [2.75, 3.05) is 18.5 Å². The summed E-state index contributed by atoms with van der Waals surface area (Å²) in [6.07, 6.45) is 0.